The van der Waals surface area contributed by atoms with Crippen molar-refractivity contribution in [1.29, 1.82) is 0 Å². The van der Waals surface area contributed by atoms with Crippen molar-refractivity contribution >= 4 is 23.2 Å². The second kappa shape index (κ2) is 8.62. The van der Waals surface area contributed by atoms with Crippen LogP contribution in [0.4, 0.5) is 11.4 Å². The minimum absolute atomic E-state index is 0.257. The SMILES string of the molecule is Cc1ccc(C(=O)Nc2ccc(Oc3ccc(NC(=O)c4ccc(C)o4)cc3)cc2)o1. The molecule has 2 aromatic heterocycles. The molecular formula is C24H20N2O5. The molecule has 4 aromatic rings. The second-order valence-electron chi connectivity index (χ2n) is 6.88. The maximum atomic E-state index is 12.1. The highest BCUT2D eigenvalue weighted by atomic mass is 16.5. The summed E-state index contributed by atoms with van der Waals surface area (Å²) in [6.45, 7) is 3.56. The molecule has 0 fully saturated rings. The first-order valence-electron chi connectivity index (χ1n) is 9.60. The molecule has 7 heteroatoms. The predicted molar refractivity (Wildman–Crippen MR) is 116 cm³/mol. The molecule has 0 aliphatic carbocycles. The van der Waals surface area contributed by atoms with Crippen molar-refractivity contribution in [2.45, 2.75) is 13.8 Å². The Morgan fingerprint density at radius 2 is 1.00 bits per heavy atom. The minimum atomic E-state index is -0.316. The molecule has 0 aliphatic heterocycles. The van der Waals surface area contributed by atoms with E-state index >= 15 is 0 Å². The molecule has 2 N–H and O–H groups in total. The van der Waals surface area contributed by atoms with Crippen molar-refractivity contribution in [2.75, 3.05) is 10.6 Å². The van der Waals surface area contributed by atoms with Gasteiger partial charge in [0.05, 0.1) is 0 Å². The van der Waals surface area contributed by atoms with Crippen LogP contribution in [0.3, 0.4) is 0 Å². The maximum Gasteiger partial charge on any atom is 0.291 e. The van der Waals surface area contributed by atoms with Crippen LogP contribution < -0.4 is 15.4 Å². The molecular weight excluding hydrogens is 396 g/mol. The van der Waals surface area contributed by atoms with Gasteiger partial charge in [0.1, 0.15) is 23.0 Å². The summed E-state index contributed by atoms with van der Waals surface area (Å²) in [7, 11) is 0. The molecule has 0 spiro atoms. The number of ether oxygens (including phenoxy) is 1. The molecule has 0 saturated heterocycles. The number of carbonyl (C=O) groups is 2. The Kier molecular flexibility index (Phi) is 5.57. The predicted octanol–water partition coefficient (Wildman–Crippen LogP) is 5.79. The highest BCUT2D eigenvalue weighted by Crippen LogP contribution is 2.25. The van der Waals surface area contributed by atoms with Crippen molar-refractivity contribution in [3.63, 3.8) is 0 Å². The number of anilines is 2. The van der Waals surface area contributed by atoms with Crippen LogP contribution in [0.2, 0.25) is 0 Å². The van der Waals surface area contributed by atoms with Gasteiger partial charge in [0.25, 0.3) is 11.8 Å². The highest BCUT2D eigenvalue weighted by Gasteiger charge is 2.11. The molecule has 7 nitrogen and oxygen atoms in total. The standard InChI is InChI=1S/C24H20N2O5/c1-15-3-13-21(29-15)23(27)25-17-5-9-19(10-6-17)31-20-11-7-18(8-12-20)26-24(28)22-14-4-16(2)30-22/h3-14H,1-2H3,(H,25,27)(H,26,28). The summed E-state index contributed by atoms with van der Waals surface area (Å²) in [5, 5.41) is 5.53. The Balaban J connectivity index is 1.33. The van der Waals surface area contributed by atoms with Crippen LogP contribution in [0.1, 0.15) is 32.6 Å². The van der Waals surface area contributed by atoms with E-state index in [2.05, 4.69) is 10.6 Å². The van der Waals surface area contributed by atoms with Gasteiger partial charge in [0.2, 0.25) is 0 Å². The van der Waals surface area contributed by atoms with Gasteiger partial charge < -0.3 is 24.2 Å². The second-order valence-corrected chi connectivity index (χ2v) is 6.88. The molecule has 0 radical (unpaired) electrons. The fourth-order valence-electron chi connectivity index (χ4n) is 2.85. The van der Waals surface area contributed by atoms with Crippen LogP contribution in [0.25, 0.3) is 0 Å². The van der Waals surface area contributed by atoms with Gasteiger partial charge in [-0.1, -0.05) is 0 Å². The largest absolute Gasteiger partial charge is 0.457 e. The van der Waals surface area contributed by atoms with E-state index in [0.717, 1.165) is 0 Å². The van der Waals surface area contributed by atoms with Crippen LogP contribution in [0, 0.1) is 13.8 Å². The van der Waals surface area contributed by atoms with E-state index in [1.54, 1.807) is 86.6 Å². The van der Waals surface area contributed by atoms with E-state index in [9.17, 15) is 9.59 Å². The fourth-order valence-corrected chi connectivity index (χ4v) is 2.85. The van der Waals surface area contributed by atoms with E-state index < -0.39 is 0 Å². The number of hydrogen-bond donors (Lipinski definition) is 2. The lowest BCUT2D eigenvalue weighted by Crippen LogP contribution is -2.10. The normalized spacial score (nSPS) is 10.5. The Morgan fingerprint density at radius 1 is 0.613 bits per heavy atom. The lowest BCUT2D eigenvalue weighted by molar-refractivity contribution is 0.0988. The number of hydrogen-bond acceptors (Lipinski definition) is 5. The third-order valence-electron chi connectivity index (χ3n) is 4.39. The zero-order valence-corrected chi connectivity index (χ0v) is 17.0. The number of aryl methyl sites for hydroxylation is 2. The van der Waals surface area contributed by atoms with Crippen LogP contribution in [0.15, 0.2) is 81.6 Å². The summed E-state index contributed by atoms with van der Waals surface area (Å²) in [6, 6.07) is 20.7. The van der Waals surface area contributed by atoms with Gasteiger partial charge in [0, 0.05) is 11.4 Å². The topological polar surface area (TPSA) is 93.7 Å². The van der Waals surface area contributed by atoms with Gasteiger partial charge in [-0.2, -0.15) is 0 Å². The minimum Gasteiger partial charge on any atom is -0.457 e. The molecule has 2 heterocycles. The van der Waals surface area contributed by atoms with Crippen LogP contribution in [-0.2, 0) is 0 Å². The van der Waals surface area contributed by atoms with E-state index in [0.29, 0.717) is 34.4 Å². The van der Waals surface area contributed by atoms with Crippen LogP contribution >= 0.6 is 0 Å². The summed E-state index contributed by atoms with van der Waals surface area (Å²) in [4.78, 5) is 24.3. The van der Waals surface area contributed by atoms with Crippen molar-refractivity contribution in [3.8, 4) is 11.5 Å². The number of benzene rings is 2. The first-order valence-corrected chi connectivity index (χ1v) is 9.60. The quantitative estimate of drug-likeness (QED) is 0.415. The molecule has 2 aromatic carbocycles. The molecule has 0 bridgehead atoms. The third kappa shape index (κ3) is 5.02. The van der Waals surface area contributed by atoms with E-state index in [1.165, 1.54) is 0 Å². The monoisotopic (exact) mass is 416 g/mol. The first-order chi connectivity index (χ1) is 15.0. The Morgan fingerprint density at radius 3 is 1.32 bits per heavy atom. The zero-order chi connectivity index (χ0) is 21.8. The van der Waals surface area contributed by atoms with E-state index in [1.807, 2.05) is 0 Å². The number of nitrogens with one attached hydrogen (secondary N) is 2. The van der Waals surface area contributed by atoms with Crippen molar-refractivity contribution < 1.29 is 23.2 Å². The van der Waals surface area contributed by atoms with Gasteiger partial charge in [-0.15, -0.1) is 0 Å². The summed E-state index contributed by atoms with van der Waals surface area (Å²) in [5.74, 6) is 2.45. The molecule has 2 amide bonds. The smallest absolute Gasteiger partial charge is 0.291 e. The maximum absolute atomic E-state index is 12.1. The van der Waals surface area contributed by atoms with Crippen molar-refractivity contribution in [1.82, 2.24) is 0 Å². The van der Waals surface area contributed by atoms with Gasteiger partial charge in [-0.05, 0) is 86.6 Å². The third-order valence-corrected chi connectivity index (χ3v) is 4.39. The van der Waals surface area contributed by atoms with E-state index in [4.69, 9.17) is 13.6 Å². The summed E-state index contributed by atoms with van der Waals surface area (Å²) < 4.78 is 16.4. The molecule has 4 rings (SSSR count). The lowest BCUT2D eigenvalue weighted by atomic mass is 10.2. The van der Waals surface area contributed by atoms with Crippen molar-refractivity contribution in [3.05, 3.63) is 95.8 Å². The van der Waals surface area contributed by atoms with Gasteiger partial charge in [-0.25, -0.2) is 0 Å². The lowest BCUT2D eigenvalue weighted by Gasteiger charge is -2.09. The summed E-state index contributed by atoms with van der Waals surface area (Å²) in [5.41, 5.74) is 1.25. The number of carbonyl (C=O) groups excluding carboxylic acids is 2. The van der Waals surface area contributed by atoms with Gasteiger partial charge in [0.15, 0.2) is 11.5 Å². The summed E-state index contributed by atoms with van der Waals surface area (Å²) in [6.07, 6.45) is 0. The van der Waals surface area contributed by atoms with Gasteiger partial charge in [-0.3, -0.25) is 9.59 Å². The van der Waals surface area contributed by atoms with Crippen molar-refractivity contribution in [2.24, 2.45) is 0 Å². The fraction of sp³-hybridized carbons (Fsp3) is 0.0833. The van der Waals surface area contributed by atoms with Crippen LogP contribution in [-0.4, -0.2) is 11.8 Å². The average Bonchev–Trinajstić information content (AvgIpc) is 3.39. The number of furan rings is 2. The summed E-state index contributed by atoms with van der Waals surface area (Å²) >= 11 is 0. The Labute approximate surface area is 178 Å². The average molecular weight is 416 g/mol. The molecule has 31 heavy (non-hydrogen) atoms. The molecule has 0 saturated carbocycles. The molecule has 0 aliphatic rings. The highest BCUT2D eigenvalue weighted by molar-refractivity contribution is 6.02. The zero-order valence-electron chi connectivity index (χ0n) is 17.0. The number of amides is 2. The van der Waals surface area contributed by atoms with Crippen LogP contribution in [0.5, 0.6) is 11.5 Å². The molecule has 156 valence electrons. The molecule has 0 unspecified atom stereocenters. The number of rotatable bonds is 6. The first kappa shape index (κ1) is 20.0. The van der Waals surface area contributed by atoms with Gasteiger partial charge >= 0.3 is 0 Å². The Bertz CT molecular complexity index is 1110. The Hall–Kier alpha value is -4.26. The molecule has 0 atom stereocenters. The van der Waals surface area contributed by atoms with E-state index in [-0.39, 0.29) is 23.3 Å².